The lowest BCUT2D eigenvalue weighted by molar-refractivity contribution is 0.582. The molecule has 1 aromatic carbocycles. The molecule has 2 aromatic rings. The van der Waals surface area contributed by atoms with Gasteiger partial charge in [0.05, 0.1) is 11.4 Å². The summed E-state index contributed by atoms with van der Waals surface area (Å²) in [6, 6.07) is 5.05. The molecule has 11 heteroatoms. The van der Waals surface area contributed by atoms with Crippen molar-refractivity contribution in [2.45, 2.75) is 4.90 Å². The minimum absolute atomic E-state index is 0.0455. The average molecular weight is 423 g/mol. The molecule has 0 saturated heterocycles. The van der Waals surface area contributed by atoms with E-state index >= 15 is 0 Å². The summed E-state index contributed by atoms with van der Waals surface area (Å²) in [6.45, 7) is 3.21. The van der Waals surface area contributed by atoms with Gasteiger partial charge in [0, 0.05) is 27.6 Å². The number of nitrogens with one attached hydrogen (secondary N) is 2. The number of sulfonamides is 2. The van der Waals surface area contributed by atoms with Crippen LogP contribution >= 0.6 is 15.9 Å². The molecule has 8 nitrogen and oxygen atoms in total. The van der Waals surface area contributed by atoms with E-state index in [0.29, 0.717) is 15.4 Å². The van der Waals surface area contributed by atoms with Crippen molar-refractivity contribution in [3.63, 3.8) is 0 Å². The first-order valence-corrected chi connectivity index (χ1v) is 10.3. The number of H-pyrrole nitrogens is 1. The number of hydrogen-bond acceptors (Lipinski definition) is 5. The Labute approximate surface area is 142 Å². The maximum absolute atomic E-state index is 12.6. The highest BCUT2D eigenvalue weighted by Gasteiger charge is 2.25. The minimum atomic E-state index is -4.02. The van der Waals surface area contributed by atoms with Crippen LogP contribution in [0.4, 0.5) is 0 Å². The molecule has 2 rings (SSSR count). The number of nitrogens with two attached hydrogens (primary N) is 2. The van der Waals surface area contributed by atoms with Crippen molar-refractivity contribution in [1.82, 2.24) is 9.71 Å². The van der Waals surface area contributed by atoms with Crippen LogP contribution in [0.2, 0.25) is 0 Å². The number of rotatable bonds is 6. The number of aromatic nitrogens is 1. The lowest BCUT2D eigenvalue weighted by Crippen LogP contribution is -2.32. The van der Waals surface area contributed by atoms with Gasteiger partial charge >= 0.3 is 0 Å². The van der Waals surface area contributed by atoms with Gasteiger partial charge in [-0.05, 0) is 18.2 Å². The van der Waals surface area contributed by atoms with Crippen LogP contribution in [0.15, 0.2) is 34.1 Å². The summed E-state index contributed by atoms with van der Waals surface area (Å²) in [5.41, 5.74) is 6.42. The molecular weight excluding hydrogens is 408 g/mol. The van der Waals surface area contributed by atoms with Crippen LogP contribution in [0, 0.1) is 0 Å². The number of benzene rings is 1. The number of halogens is 1. The van der Waals surface area contributed by atoms with Gasteiger partial charge in [0.2, 0.25) is 20.0 Å². The molecule has 0 atom stereocenters. The highest BCUT2D eigenvalue weighted by molar-refractivity contribution is 9.10. The van der Waals surface area contributed by atoms with E-state index in [-0.39, 0.29) is 22.8 Å². The molecule has 0 fully saturated rings. The van der Waals surface area contributed by atoms with Gasteiger partial charge in [-0.3, -0.25) is 0 Å². The Morgan fingerprint density at radius 2 is 1.96 bits per heavy atom. The second-order valence-corrected chi connectivity index (χ2v) is 9.16. The monoisotopic (exact) mass is 422 g/mol. The van der Waals surface area contributed by atoms with E-state index in [1.807, 2.05) is 0 Å². The third-order valence-corrected chi connectivity index (χ3v) is 5.79. The minimum Gasteiger partial charge on any atom is -0.397 e. The summed E-state index contributed by atoms with van der Waals surface area (Å²) in [5.74, 6) is -0.517. The summed E-state index contributed by atoms with van der Waals surface area (Å²) in [5, 5.41) is 5.27. The van der Waals surface area contributed by atoms with Crippen LogP contribution in [-0.2, 0) is 20.0 Å². The normalized spacial score (nSPS) is 12.6. The Morgan fingerprint density at radius 3 is 2.52 bits per heavy atom. The number of aromatic amines is 1. The molecule has 0 aliphatic rings. The summed E-state index contributed by atoms with van der Waals surface area (Å²) in [7, 11) is -7.80. The van der Waals surface area contributed by atoms with E-state index in [1.165, 1.54) is 0 Å². The molecule has 0 radical (unpaired) electrons. The predicted octanol–water partition coefficient (Wildman–Crippen LogP) is 0.427. The Bertz CT molecular complexity index is 980. The first kappa shape index (κ1) is 17.9. The third kappa shape index (κ3) is 4.12. The molecule has 1 heterocycles. The second-order valence-electron chi connectivity index (χ2n) is 4.81. The fourth-order valence-corrected chi connectivity index (χ4v) is 4.34. The number of primary sulfonamides is 1. The molecule has 0 unspecified atom stereocenters. The van der Waals surface area contributed by atoms with Crippen molar-refractivity contribution in [3.05, 3.63) is 34.9 Å². The quantitative estimate of drug-likeness (QED) is 0.532. The van der Waals surface area contributed by atoms with Crippen LogP contribution < -0.4 is 15.6 Å². The van der Waals surface area contributed by atoms with Gasteiger partial charge in [-0.1, -0.05) is 22.5 Å². The Kier molecular flexibility index (Phi) is 4.87. The number of fused-ring (bicyclic) bond motifs is 1. The lowest BCUT2D eigenvalue weighted by atomic mass is 10.2. The first-order chi connectivity index (χ1) is 10.5. The van der Waals surface area contributed by atoms with Gasteiger partial charge in [-0.2, -0.15) is 0 Å². The smallest absolute Gasteiger partial charge is 0.243 e. The van der Waals surface area contributed by atoms with E-state index in [2.05, 4.69) is 32.2 Å². The average Bonchev–Trinajstić information content (AvgIpc) is 2.76. The maximum Gasteiger partial charge on any atom is 0.243 e. The van der Waals surface area contributed by atoms with Gasteiger partial charge in [0.1, 0.15) is 4.90 Å². The van der Waals surface area contributed by atoms with Gasteiger partial charge < -0.3 is 10.7 Å². The van der Waals surface area contributed by atoms with Crippen LogP contribution in [0.25, 0.3) is 16.6 Å². The Balaban J connectivity index is 2.53. The fourth-order valence-electron chi connectivity index (χ4n) is 2.04. The second kappa shape index (κ2) is 6.24. The zero-order chi connectivity index (χ0) is 17.4. The third-order valence-electron chi connectivity index (χ3n) is 2.98. The van der Waals surface area contributed by atoms with Crippen LogP contribution in [-0.4, -0.2) is 34.1 Å². The van der Waals surface area contributed by atoms with Crippen LogP contribution in [0.1, 0.15) is 5.69 Å². The zero-order valence-corrected chi connectivity index (χ0v) is 15.1. The summed E-state index contributed by atoms with van der Waals surface area (Å²) < 4.78 is 49.9. The highest BCUT2D eigenvalue weighted by Crippen LogP contribution is 2.31. The van der Waals surface area contributed by atoms with Crippen molar-refractivity contribution in [1.29, 1.82) is 0 Å². The molecule has 23 heavy (non-hydrogen) atoms. The lowest BCUT2D eigenvalue weighted by Gasteiger charge is -2.08. The molecule has 0 aliphatic carbocycles. The fraction of sp³-hybridized carbons (Fsp3) is 0.167. The van der Waals surface area contributed by atoms with Crippen molar-refractivity contribution in [2.75, 3.05) is 12.3 Å². The molecule has 126 valence electrons. The summed E-state index contributed by atoms with van der Waals surface area (Å²) in [4.78, 5) is 2.81. The molecular formula is C12H15BrN4O4S2. The van der Waals surface area contributed by atoms with Crippen molar-refractivity contribution in [2.24, 2.45) is 10.9 Å². The summed E-state index contributed by atoms with van der Waals surface area (Å²) >= 11 is 3.28. The van der Waals surface area contributed by atoms with Crippen molar-refractivity contribution in [3.8, 4) is 0 Å². The highest BCUT2D eigenvalue weighted by atomic mass is 79.9. The molecule has 1 aromatic heterocycles. The molecule has 0 aliphatic heterocycles. The van der Waals surface area contributed by atoms with Crippen molar-refractivity contribution < 1.29 is 16.8 Å². The van der Waals surface area contributed by atoms with E-state index < -0.39 is 25.8 Å². The maximum atomic E-state index is 12.6. The topological polar surface area (TPSA) is 148 Å². The zero-order valence-electron chi connectivity index (χ0n) is 11.8. The predicted molar refractivity (Wildman–Crippen MR) is 92.4 cm³/mol. The molecule has 0 saturated carbocycles. The van der Waals surface area contributed by atoms with E-state index in [0.717, 1.165) is 0 Å². The largest absolute Gasteiger partial charge is 0.397 e. The molecule has 0 amide bonds. The Morgan fingerprint density at radius 1 is 1.30 bits per heavy atom. The van der Waals surface area contributed by atoms with Gasteiger partial charge in [0.25, 0.3) is 0 Å². The first-order valence-electron chi connectivity index (χ1n) is 6.27. The van der Waals surface area contributed by atoms with E-state index in [1.54, 1.807) is 18.2 Å². The SMILES string of the molecule is C=C(N)c1[nH]c2ccc(Br)cc2c1S(=O)(=O)NCCS(N)(=O)=O. The summed E-state index contributed by atoms with van der Waals surface area (Å²) in [6.07, 6.45) is 0. The molecule has 6 N–H and O–H groups in total. The van der Waals surface area contributed by atoms with Gasteiger partial charge in [0.15, 0.2) is 0 Å². The standard InChI is InChI=1S/C12H15BrN4O4S2/c1-7(14)11-12(9-6-8(13)2-3-10(9)17-11)23(20,21)16-4-5-22(15,18)19/h2-3,6,16-17H,1,4-5,14H2,(H2,15,18,19). The van der Waals surface area contributed by atoms with Crippen molar-refractivity contribution >= 4 is 52.6 Å². The molecule has 0 bridgehead atoms. The van der Waals surface area contributed by atoms with Gasteiger partial charge in [-0.15, -0.1) is 0 Å². The van der Waals surface area contributed by atoms with Gasteiger partial charge in [-0.25, -0.2) is 26.7 Å². The van der Waals surface area contributed by atoms with E-state index in [9.17, 15) is 16.8 Å². The van der Waals surface area contributed by atoms with Crippen LogP contribution in [0.5, 0.6) is 0 Å². The Hall–Kier alpha value is -1.40. The van der Waals surface area contributed by atoms with E-state index in [4.69, 9.17) is 10.9 Å². The molecule has 0 spiro atoms. The number of hydrogen-bond donors (Lipinski definition) is 4. The van der Waals surface area contributed by atoms with Crippen LogP contribution in [0.3, 0.4) is 0 Å².